The van der Waals surface area contributed by atoms with E-state index in [-0.39, 0.29) is 0 Å². The van der Waals surface area contributed by atoms with Crippen molar-refractivity contribution in [3.63, 3.8) is 0 Å². The smallest absolute Gasteiger partial charge is 0.162 e. The lowest BCUT2D eigenvalue weighted by molar-refractivity contribution is 0.320. The number of thioether (sulfide) groups is 1. The Labute approximate surface area is 158 Å². The summed E-state index contributed by atoms with van der Waals surface area (Å²) in [5.41, 5.74) is 1.98. The molecule has 6 heteroatoms. The normalized spacial score (nSPS) is 20.2. The summed E-state index contributed by atoms with van der Waals surface area (Å²) in [5.74, 6) is 1.79. The number of aromatic nitrogens is 3. The van der Waals surface area contributed by atoms with Crippen molar-refractivity contribution >= 4 is 28.5 Å². The number of rotatable bonds is 4. The van der Waals surface area contributed by atoms with Crippen LogP contribution >= 0.6 is 11.8 Å². The van der Waals surface area contributed by atoms with Crippen molar-refractivity contribution in [2.24, 2.45) is 0 Å². The van der Waals surface area contributed by atoms with Crippen LogP contribution in [0, 0.1) is 0 Å². The Morgan fingerprint density at radius 1 is 1.04 bits per heavy atom. The summed E-state index contributed by atoms with van der Waals surface area (Å²) in [6, 6.07) is 12.7. The monoisotopic (exact) mass is 365 g/mol. The average molecular weight is 366 g/mol. The minimum atomic E-state index is 0.517. The van der Waals surface area contributed by atoms with E-state index in [1.165, 1.54) is 0 Å². The molecule has 4 rings (SSSR count). The van der Waals surface area contributed by atoms with E-state index in [0.717, 1.165) is 41.2 Å². The van der Waals surface area contributed by atoms with E-state index in [4.69, 9.17) is 9.97 Å². The van der Waals surface area contributed by atoms with E-state index < -0.39 is 0 Å². The van der Waals surface area contributed by atoms with Crippen LogP contribution in [0.1, 0.15) is 0 Å². The largest absolute Gasteiger partial charge is 0.353 e. The molecule has 0 N–H and O–H groups in total. The van der Waals surface area contributed by atoms with E-state index in [0.29, 0.717) is 11.3 Å². The second kappa shape index (κ2) is 7.21. The van der Waals surface area contributed by atoms with Crippen molar-refractivity contribution in [2.45, 2.75) is 11.3 Å². The highest BCUT2D eigenvalue weighted by molar-refractivity contribution is 7.99. The summed E-state index contributed by atoms with van der Waals surface area (Å²) in [6.07, 6.45) is 5.77. The number of hydrogen-bond donors (Lipinski definition) is 0. The molecule has 0 aliphatic carbocycles. The molecule has 0 amide bonds. The third-order valence-electron chi connectivity index (χ3n) is 5.02. The Balaban J connectivity index is 1.81. The van der Waals surface area contributed by atoms with Crippen molar-refractivity contribution in [2.75, 3.05) is 38.3 Å². The zero-order chi connectivity index (χ0) is 18.1. The minimum absolute atomic E-state index is 0.517. The molecule has 5 nitrogen and oxygen atoms in total. The fourth-order valence-corrected chi connectivity index (χ4v) is 4.56. The number of benzene rings is 1. The van der Waals surface area contributed by atoms with Gasteiger partial charge in [0.05, 0.1) is 5.52 Å². The molecule has 2 unspecified atom stereocenters. The van der Waals surface area contributed by atoms with Crippen molar-refractivity contribution in [3.05, 3.63) is 48.8 Å². The lowest BCUT2D eigenvalue weighted by Crippen LogP contribution is -2.36. The molecular weight excluding hydrogens is 342 g/mol. The van der Waals surface area contributed by atoms with Crippen LogP contribution in [0.15, 0.2) is 48.8 Å². The van der Waals surface area contributed by atoms with Gasteiger partial charge in [0.1, 0.15) is 5.82 Å². The molecule has 0 bridgehead atoms. The maximum Gasteiger partial charge on any atom is 0.162 e. The number of hydrogen-bond acceptors (Lipinski definition) is 6. The molecule has 26 heavy (non-hydrogen) atoms. The summed E-state index contributed by atoms with van der Waals surface area (Å²) < 4.78 is 0. The van der Waals surface area contributed by atoms with Crippen LogP contribution in [0.3, 0.4) is 0 Å². The fraction of sp³-hybridized carbons (Fsp3) is 0.350. The van der Waals surface area contributed by atoms with Gasteiger partial charge < -0.3 is 9.80 Å². The fourth-order valence-electron chi connectivity index (χ4n) is 3.59. The first-order chi connectivity index (χ1) is 12.7. The second-order valence-electron chi connectivity index (χ2n) is 6.83. The molecule has 1 fully saturated rings. The first-order valence-electron chi connectivity index (χ1n) is 8.78. The van der Waals surface area contributed by atoms with E-state index in [1.807, 2.05) is 30.0 Å². The third kappa shape index (κ3) is 3.15. The first-order valence-corrected chi connectivity index (χ1v) is 10.1. The van der Waals surface area contributed by atoms with Gasteiger partial charge in [-0.25, -0.2) is 9.97 Å². The Morgan fingerprint density at radius 2 is 1.81 bits per heavy atom. The maximum atomic E-state index is 4.97. The zero-order valence-electron chi connectivity index (χ0n) is 15.3. The lowest BCUT2D eigenvalue weighted by atomic mass is 10.2. The minimum Gasteiger partial charge on any atom is -0.353 e. The van der Waals surface area contributed by atoms with Crippen LogP contribution in [-0.2, 0) is 0 Å². The van der Waals surface area contributed by atoms with Gasteiger partial charge in [0.15, 0.2) is 5.82 Å². The van der Waals surface area contributed by atoms with Gasteiger partial charge in [-0.1, -0.05) is 12.1 Å². The Morgan fingerprint density at radius 3 is 2.50 bits per heavy atom. The highest BCUT2D eigenvalue weighted by Gasteiger charge is 2.35. The molecule has 0 spiro atoms. The van der Waals surface area contributed by atoms with Crippen LogP contribution in [0.4, 0.5) is 5.82 Å². The second-order valence-corrected chi connectivity index (χ2v) is 7.91. The highest BCUT2D eigenvalue weighted by Crippen LogP contribution is 2.33. The number of likely N-dealkylation sites (N-methyl/N-ethyl adjacent to an activating group) is 1. The van der Waals surface area contributed by atoms with Crippen molar-refractivity contribution in [1.82, 2.24) is 19.9 Å². The summed E-state index contributed by atoms with van der Waals surface area (Å²) in [5, 5.41) is 1.69. The molecule has 0 saturated carbocycles. The van der Waals surface area contributed by atoms with Gasteiger partial charge in [-0.15, -0.1) is 0 Å². The topological polar surface area (TPSA) is 45.2 Å². The van der Waals surface area contributed by atoms with E-state index in [2.05, 4.69) is 53.3 Å². The first kappa shape index (κ1) is 17.2. The maximum absolute atomic E-state index is 4.97. The van der Waals surface area contributed by atoms with Crippen LogP contribution in [0.25, 0.3) is 22.3 Å². The Kier molecular flexibility index (Phi) is 4.78. The number of pyridine rings is 1. The average Bonchev–Trinajstić information content (AvgIpc) is 3.12. The van der Waals surface area contributed by atoms with Gasteiger partial charge in [0.25, 0.3) is 0 Å². The quantitative estimate of drug-likeness (QED) is 0.708. The van der Waals surface area contributed by atoms with E-state index in [9.17, 15) is 0 Å². The summed E-state index contributed by atoms with van der Waals surface area (Å²) in [4.78, 5) is 18.6. The van der Waals surface area contributed by atoms with Crippen LogP contribution < -0.4 is 4.90 Å². The van der Waals surface area contributed by atoms with E-state index >= 15 is 0 Å². The number of nitrogens with zero attached hydrogens (tertiary/aromatic N) is 5. The molecule has 3 heterocycles. The standard InChI is InChI=1S/C20H23N5S/c1-24(2)17-12-25(13-18(17)26-3)20-15-6-4-5-7-16(15)22-19(23-20)14-8-10-21-11-9-14/h4-11,17-18H,12-13H2,1-3H3. The summed E-state index contributed by atoms with van der Waals surface area (Å²) in [7, 11) is 4.33. The van der Waals surface area contributed by atoms with E-state index in [1.54, 1.807) is 12.4 Å². The van der Waals surface area contributed by atoms with Crippen molar-refractivity contribution < 1.29 is 0 Å². The van der Waals surface area contributed by atoms with Gasteiger partial charge in [-0.2, -0.15) is 11.8 Å². The van der Waals surface area contributed by atoms with Gasteiger partial charge in [-0.05, 0) is 44.6 Å². The molecule has 1 aliphatic rings. The molecule has 3 aromatic rings. The summed E-state index contributed by atoms with van der Waals surface area (Å²) in [6.45, 7) is 1.98. The predicted molar refractivity (Wildman–Crippen MR) is 110 cm³/mol. The molecule has 2 aromatic heterocycles. The number of para-hydroxylation sites is 1. The molecule has 134 valence electrons. The van der Waals surface area contributed by atoms with Crippen molar-refractivity contribution in [1.29, 1.82) is 0 Å². The van der Waals surface area contributed by atoms with Crippen molar-refractivity contribution in [3.8, 4) is 11.4 Å². The highest BCUT2D eigenvalue weighted by atomic mass is 32.2. The van der Waals surface area contributed by atoms with Gasteiger partial charge >= 0.3 is 0 Å². The molecule has 0 radical (unpaired) electrons. The lowest BCUT2D eigenvalue weighted by Gasteiger charge is -2.23. The predicted octanol–water partition coefficient (Wildman–Crippen LogP) is 3.17. The third-order valence-corrected chi connectivity index (χ3v) is 6.09. The van der Waals surface area contributed by atoms with Gasteiger partial charge in [0, 0.05) is 47.7 Å². The molecule has 1 aromatic carbocycles. The number of anilines is 1. The van der Waals surface area contributed by atoms with Crippen LogP contribution in [-0.4, -0.2) is 64.6 Å². The summed E-state index contributed by atoms with van der Waals surface area (Å²) >= 11 is 1.94. The van der Waals surface area contributed by atoms with Gasteiger partial charge in [0.2, 0.25) is 0 Å². The zero-order valence-corrected chi connectivity index (χ0v) is 16.1. The van der Waals surface area contributed by atoms with Gasteiger partial charge in [-0.3, -0.25) is 4.98 Å². The molecular formula is C20H23N5S. The Bertz CT molecular complexity index is 899. The molecule has 1 saturated heterocycles. The molecule has 2 atom stereocenters. The Hall–Kier alpha value is -2.18. The SMILES string of the molecule is CSC1CN(c2nc(-c3ccncc3)nc3ccccc23)CC1N(C)C. The molecule has 1 aliphatic heterocycles. The number of fused-ring (bicyclic) bond motifs is 1. The van der Waals surface area contributed by atoms with Crippen LogP contribution in [0.2, 0.25) is 0 Å². The van der Waals surface area contributed by atoms with Crippen LogP contribution in [0.5, 0.6) is 0 Å².